The molecule has 192 valence electrons. The molecule has 4 rings (SSSR count). The van der Waals surface area contributed by atoms with Crippen molar-refractivity contribution in [3.8, 4) is 0 Å². The molecule has 0 amide bonds. The highest BCUT2D eigenvalue weighted by atomic mass is 16.6. The van der Waals surface area contributed by atoms with Gasteiger partial charge in [0.1, 0.15) is 0 Å². The molecule has 0 bridgehead atoms. The Morgan fingerprint density at radius 1 is 0.559 bits per heavy atom. The fourth-order valence-corrected chi connectivity index (χ4v) is 7.82. The van der Waals surface area contributed by atoms with Gasteiger partial charge in [0.15, 0.2) is 0 Å². The fourth-order valence-electron chi connectivity index (χ4n) is 7.82. The Labute approximate surface area is 213 Å². The summed E-state index contributed by atoms with van der Waals surface area (Å²) in [7, 11) is 0. The van der Waals surface area contributed by atoms with Gasteiger partial charge in [-0.3, -0.25) is 0 Å². The van der Waals surface area contributed by atoms with E-state index in [0.717, 1.165) is 35.6 Å². The van der Waals surface area contributed by atoms with Crippen LogP contribution in [0.25, 0.3) is 0 Å². The van der Waals surface area contributed by atoms with Crippen LogP contribution >= 0.6 is 0 Å². The summed E-state index contributed by atoms with van der Waals surface area (Å²) in [5.41, 5.74) is 0. The molecule has 4 fully saturated rings. The van der Waals surface area contributed by atoms with Crippen LogP contribution in [0.4, 0.5) is 0 Å². The van der Waals surface area contributed by atoms with Gasteiger partial charge in [-0.15, -0.1) is 0 Å². The van der Waals surface area contributed by atoms with E-state index in [4.69, 9.17) is 9.31 Å². The van der Waals surface area contributed by atoms with Crippen LogP contribution in [0.1, 0.15) is 155 Å². The lowest BCUT2D eigenvalue weighted by atomic mass is 9.41. The molecule has 0 aromatic heterocycles. The number of hydrogen-bond acceptors (Lipinski definition) is 2. The van der Waals surface area contributed by atoms with Gasteiger partial charge >= 0.3 is 13.8 Å². The topological polar surface area (TPSA) is 18.5 Å². The Hall–Kier alpha value is -0.530. The zero-order valence-corrected chi connectivity index (χ0v) is 22.6. The zero-order chi connectivity index (χ0) is 23.4. The highest BCUT2D eigenvalue weighted by Crippen LogP contribution is 2.45. The molecule has 2 nitrogen and oxygen atoms in total. The van der Waals surface area contributed by atoms with E-state index in [1.807, 2.05) is 0 Å². The maximum absolute atomic E-state index is 7.13. The Bertz CT molecular complexity index is 490. The first kappa shape index (κ1) is 26.5. The first-order valence-electron chi connectivity index (χ1n) is 15.9. The molecule has 34 heavy (non-hydrogen) atoms. The summed E-state index contributed by atoms with van der Waals surface area (Å²) in [6, 6.07) is 0. The SMILES string of the molecule is CCCCC=C(OB(C1CCCCC1)C1CCCCC1)OB(C1CCCCC1)C1CCCCC1. The van der Waals surface area contributed by atoms with Crippen LogP contribution in [-0.4, -0.2) is 13.8 Å². The minimum atomic E-state index is 0.395. The summed E-state index contributed by atoms with van der Waals surface area (Å²) in [6.45, 7) is 3.09. The molecule has 0 aromatic rings. The molecule has 4 aliphatic rings. The van der Waals surface area contributed by atoms with Crippen molar-refractivity contribution in [1.82, 2.24) is 0 Å². The Kier molecular flexibility index (Phi) is 11.6. The number of unbranched alkanes of at least 4 members (excludes halogenated alkanes) is 2. The molecular formula is C30H54B2O2. The summed E-state index contributed by atoms with van der Waals surface area (Å²) in [5.74, 6) is 3.95. The van der Waals surface area contributed by atoms with E-state index in [9.17, 15) is 0 Å². The second kappa shape index (κ2) is 14.9. The second-order valence-electron chi connectivity index (χ2n) is 12.4. The van der Waals surface area contributed by atoms with Gasteiger partial charge in [0.2, 0.25) is 5.95 Å². The lowest BCUT2D eigenvalue weighted by Gasteiger charge is -2.38. The largest absolute Gasteiger partial charge is 0.537 e. The van der Waals surface area contributed by atoms with Gasteiger partial charge in [-0.1, -0.05) is 142 Å². The minimum absolute atomic E-state index is 0.395. The van der Waals surface area contributed by atoms with Gasteiger partial charge in [-0.05, 0) is 42.2 Å². The maximum Gasteiger partial charge on any atom is 0.367 e. The van der Waals surface area contributed by atoms with Crippen LogP contribution in [0.5, 0.6) is 0 Å². The van der Waals surface area contributed by atoms with Gasteiger partial charge < -0.3 is 9.31 Å². The van der Waals surface area contributed by atoms with E-state index in [1.165, 1.54) is 141 Å². The molecule has 4 saturated carbocycles. The smallest absolute Gasteiger partial charge is 0.367 e. The molecule has 0 heterocycles. The quantitative estimate of drug-likeness (QED) is 0.171. The molecule has 0 N–H and O–H groups in total. The summed E-state index contributed by atoms with van der Waals surface area (Å²) in [6.07, 6.45) is 33.9. The van der Waals surface area contributed by atoms with Crippen LogP contribution in [0.2, 0.25) is 23.3 Å². The van der Waals surface area contributed by atoms with E-state index in [2.05, 4.69) is 13.0 Å². The maximum atomic E-state index is 7.13. The van der Waals surface area contributed by atoms with Crippen molar-refractivity contribution in [2.75, 3.05) is 0 Å². The molecule has 0 unspecified atom stereocenters. The Morgan fingerprint density at radius 3 is 1.18 bits per heavy atom. The molecular weight excluding hydrogens is 414 g/mol. The molecule has 4 heteroatoms. The number of hydrogen-bond donors (Lipinski definition) is 0. The summed E-state index contributed by atoms with van der Waals surface area (Å²) in [5, 5.41) is 0. The normalized spacial score (nSPS) is 23.9. The van der Waals surface area contributed by atoms with E-state index in [0.29, 0.717) is 13.8 Å². The second-order valence-corrected chi connectivity index (χ2v) is 12.4. The molecule has 0 radical (unpaired) electrons. The summed E-state index contributed by atoms with van der Waals surface area (Å²) in [4.78, 5) is 0. The number of allylic oxidation sites excluding steroid dienone is 1. The van der Waals surface area contributed by atoms with Crippen molar-refractivity contribution in [2.45, 2.75) is 178 Å². The van der Waals surface area contributed by atoms with Crippen molar-refractivity contribution in [1.29, 1.82) is 0 Å². The third kappa shape index (κ3) is 7.99. The fraction of sp³-hybridized carbons (Fsp3) is 0.933. The van der Waals surface area contributed by atoms with Crippen LogP contribution in [0, 0.1) is 0 Å². The first-order valence-corrected chi connectivity index (χ1v) is 15.9. The van der Waals surface area contributed by atoms with E-state index < -0.39 is 0 Å². The average molecular weight is 468 g/mol. The van der Waals surface area contributed by atoms with Gasteiger partial charge in [0, 0.05) is 0 Å². The van der Waals surface area contributed by atoms with Gasteiger partial charge in [-0.25, -0.2) is 0 Å². The van der Waals surface area contributed by atoms with Crippen LogP contribution < -0.4 is 0 Å². The molecule has 0 aromatic carbocycles. The lowest BCUT2D eigenvalue weighted by molar-refractivity contribution is 0.196. The monoisotopic (exact) mass is 468 g/mol. The van der Waals surface area contributed by atoms with Crippen LogP contribution in [0.3, 0.4) is 0 Å². The highest BCUT2D eigenvalue weighted by molar-refractivity contribution is 6.57. The van der Waals surface area contributed by atoms with E-state index in [1.54, 1.807) is 0 Å². The van der Waals surface area contributed by atoms with Crippen molar-refractivity contribution in [3.63, 3.8) is 0 Å². The highest BCUT2D eigenvalue weighted by Gasteiger charge is 2.42. The summed E-state index contributed by atoms with van der Waals surface area (Å²) >= 11 is 0. The number of rotatable bonds is 11. The predicted molar refractivity (Wildman–Crippen MR) is 149 cm³/mol. The van der Waals surface area contributed by atoms with Crippen molar-refractivity contribution in [3.05, 3.63) is 12.0 Å². The van der Waals surface area contributed by atoms with Crippen molar-refractivity contribution in [2.24, 2.45) is 0 Å². The van der Waals surface area contributed by atoms with Crippen LogP contribution in [0.15, 0.2) is 12.0 Å². The van der Waals surface area contributed by atoms with Crippen molar-refractivity contribution >= 4 is 13.8 Å². The van der Waals surface area contributed by atoms with Crippen LogP contribution in [-0.2, 0) is 9.31 Å². The predicted octanol–water partition coefficient (Wildman–Crippen LogP) is 10.4. The first-order chi connectivity index (χ1) is 16.8. The van der Waals surface area contributed by atoms with Gasteiger partial charge in [0.25, 0.3) is 0 Å². The third-order valence-corrected chi connectivity index (χ3v) is 9.83. The Balaban J connectivity index is 1.51. The zero-order valence-electron chi connectivity index (χ0n) is 22.6. The van der Waals surface area contributed by atoms with Gasteiger partial charge in [-0.2, -0.15) is 0 Å². The van der Waals surface area contributed by atoms with E-state index in [-0.39, 0.29) is 0 Å². The minimum Gasteiger partial charge on any atom is -0.537 e. The van der Waals surface area contributed by atoms with Gasteiger partial charge in [0.05, 0.1) is 0 Å². The third-order valence-electron chi connectivity index (χ3n) is 9.83. The summed E-state index contributed by atoms with van der Waals surface area (Å²) < 4.78 is 14.3. The molecule has 0 spiro atoms. The Morgan fingerprint density at radius 2 is 0.882 bits per heavy atom. The van der Waals surface area contributed by atoms with E-state index >= 15 is 0 Å². The average Bonchev–Trinajstić information content (AvgIpc) is 2.92. The molecule has 0 aliphatic heterocycles. The van der Waals surface area contributed by atoms with Crippen molar-refractivity contribution < 1.29 is 9.31 Å². The molecule has 4 aliphatic carbocycles. The molecule has 0 atom stereocenters. The standard InChI is InChI=1S/C30H54B2O2/c1-2-3-8-25-30(33-31(26-17-9-4-10-18-26)27-19-11-5-12-20-27)34-32(28-21-13-6-14-22-28)29-23-15-7-16-24-29/h25-29H,2-24H2,1H3. The molecule has 0 saturated heterocycles. The lowest BCUT2D eigenvalue weighted by Crippen LogP contribution is -2.37.